The first-order valence-electron chi connectivity index (χ1n) is 5.89. The number of aromatic carboxylic acids is 1. The number of carboxylic acids is 1. The van der Waals surface area contributed by atoms with Crippen molar-refractivity contribution >= 4 is 35.0 Å². The summed E-state index contributed by atoms with van der Waals surface area (Å²) in [6.07, 6.45) is 1.45. The summed E-state index contributed by atoms with van der Waals surface area (Å²) in [4.78, 5) is 23.8. The van der Waals surface area contributed by atoms with Crippen LogP contribution in [-0.4, -0.2) is 11.9 Å². The number of carboxylic acid groups (broad SMARTS) is 1. The van der Waals surface area contributed by atoms with E-state index in [1.807, 2.05) is 5.38 Å². The number of carbonyl (C=O) groups is 2. The monoisotopic (exact) mass is 297 g/mol. The Hall–Kier alpha value is -2.91. The Morgan fingerprint density at radius 1 is 1.24 bits per heavy atom. The third kappa shape index (κ3) is 3.55. The van der Waals surface area contributed by atoms with Gasteiger partial charge in [0.1, 0.15) is 11.6 Å². The van der Waals surface area contributed by atoms with Gasteiger partial charge in [0.15, 0.2) is 0 Å². The molecule has 1 aromatic heterocycles. The van der Waals surface area contributed by atoms with Gasteiger partial charge < -0.3 is 15.2 Å². The van der Waals surface area contributed by atoms with Crippen LogP contribution in [0.3, 0.4) is 0 Å². The van der Waals surface area contributed by atoms with E-state index in [1.165, 1.54) is 35.6 Å². The molecule has 2 aromatic rings. The van der Waals surface area contributed by atoms with E-state index in [1.54, 1.807) is 24.3 Å². The molecular weight excluding hydrogens is 288 g/mol. The van der Waals surface area contributed by atoms with Crippen LogP contribution in [0.1, 0.15) is 15.2 Å². The van der Waals surface area contributed by atoms with Crippen LogP contribution in [0.5, 0.6) is 0 Å². The van der Waals surface area contributed by atoms with Gasteiger partial charge in [-0.3, -0.25) is 4.79 Å². The van der Waals surface area contributed by atoms with Gasteiger partial charge >= 0.3 is 0 Å². The molecule has 0 radical (unpaired) electrons. The van der Waals surface area contributed by atoms with Crippen LogP contribution in [0, 0.1) is 11.3 Å². The minimum atomic E-state index is -1.40. The zero-order chi connectivity index (χ0) is 15.2. The van der Waals surface area contributed by atoms with Gasteiger partial charge in [-0.25, -0.2) is 0 Å². The van der Waals surface area contributed by atoms with E-state index in [4.69, 9.17) is 5.26 Å². The van der Waals surface area contributed by atoms with E-state index in [9.17, 15) is 14.7 Å². The molecule has 5 nitrogen and oxygen atoms in total. The number of benzene rings is 1. The maximum absolute atomic E-state index is 12.0. The number of carbonyl (C=O) groups excluding carboxylic acids is 2. The summed E-state index contributed by atoms with van der Waals surface area (Å²) >= 11 is 1.39. The molecule has 0 saturated carbocycles. The van der Waals surface area contributed by atoms with Crippen LogP contribution < -0.4 is 10.4 Å². The number of amides is 1. The van der Waals surface area contributed by atoms with Crippen LogP contribution in [0.25, 0.3) is 6.08 Å². The lowest BCUT2D eigenvalue weighted by Crippen LogP contribution is -2.25. The van der Waals surface area contributed by atoms with E-state index in [0.29, 0.717) is 0 Å². The van der Waals surface area contributed by atoms with Gasteiger partial charge in [-0.15, -0.1) is 11.3 Å². The van der Waals surface area contributed by atoms with Crippen molar-refractivity contribution in [2.75, 3.05) is 5.32 Å². The first-order valence-corrected chi connectivity index (χ1v) is 6.77. The van der Waals surface area contributed by atoms with Gasteiger partial charge in [-0.1, -0.05) is 24.3 Å². The molecule has 104 valence electrons. The normalized spacial score (nSPS) is 10.7. The predicted octanol–water partition coefficient (Wildman–Crippen LogP) is 1.66. The molecule has 1 aromatic carbocycles. The second kappa shape index (κ2) is 6.50. The lowest BCUT2D eigenvalue weighted by atomic mass is 10.1. The minimum Gasteiger partial charge on any atom is -0.545 e. The predicted molar refractivity (Wildman–Crippen MR) is 77.3 cm³/mol. The lowest BCUT2D eigenvalue weighted by molar-refractivity contribution is -0.254. The number of hydrogen-bond acceptors (Lipinski definition) is 5. The summed E-state index contributed by atoms with van der Waals surface area (Å²) in [6.45, 7) is 0. The molecule has 0 aliphatic heterocycles. The quantitative estimate of drug-likeness (QED) is 0.686. The minimum absolute atomic E-state index is 0.0924. The van der Waals surface area contributed by atoms with E-state index >= 15 is 0 Å². The molecule has 0 saturated heterocycles. The van der Waals surface area contributed by atoms with Crippen molar-refractivity contribution in [1.29, 1.82) is 5.26 Å². The Morgan fingerprint density at radius 2 is 2.00 bits per heavy atom. The average molecular weight is 297 g/mol. The van der Waals surface area contributed by atoms with Crippen molar-refractivity contribution in [3.63, 3.8) is 0 Å². The van der Waals surface area contributed by atoms with Crippen LogP contribution in [0.4, 0.5) is 5.69 Å². The fraction of sp³-hybridized carbons (Fsp3) is 0. The maximum atomic E-state index is 12.0. The standard InChI is InChI=1S/C15H10N2O3S/c16-9-10(8-11-4-3-7-21-11)14(18)17-13-6-2-1-5-12(13)15(19)20/h1-8H,(H,17,18)(H,19,20)/p-1/b10-8+. The molecule has 6 heteroatoms. The Bertz CT molecular complexity index is 743. The smallest absolute Gasteiger partial charge is 0.266 e. The maximum Gasteiger partial charge on any atom is 0.266 e. The first-order chi connectivity index (χ1) is 10.1. The lowest BCUT2D eigenvalue weighted by Gasteiger charge is -2.10. The first kappa shape index (κ1) is 14.5. The highest BCUT2D eigenvalue weighted by Gasteiger charge is 2.12. The second-order valence-electron chi connectivity index (χ2n) is 3.97. The Labute approximate surface area is 124 Å². The van der Waals surface area contributed by atoms with Gasteiger partial charge in [-0.05, 0) is 23.6 Å². The van der Waals surface area contributed by atoms with E-state index in [-0.39, 0.29) is 16.8 Å². The molecule has 0 atom stereocenters. The van der Waals surface area contributed by atoms with E-state index in [2.05, 4.69) is 5.32 Å². The van der Waals surface area contributed by atoms with Gasteiger partial charge in [0, 0.05) is 10.4 Å². The SMILES string of the molecule is N#C/C(=C\c1cccs1)C(=O)Nc1ccccc1C(=O)[O-]. The highest BCUT2D eigenvalue weighted by atomic mass is 32.1. The number of anilines is 1. The highest BCUT2D eigenvalue weighted by molar-refractivity contribution is 7.10. The van der Waals surface area contributed by atoms with Crippen molar-refractivity contribution in [2.45, 2.75) is 0 Å². The van der Waals surface area contributed by atoms with Gasteiger partial charge in [0.2, 0.25) is 0 Å². The number of nitrogens with zero attached hydrogens (tertiary/aromatic N) is 1. The van der Waals surface area contributed by atoms with Crippen molar-refractivity contribution in [3.8, 4) is 6.07 Å². The van der Waals surface area contributed by atoms with Crippen LogP contribution in [-0.2, 0) is 4.79 Å². The zero-order valence-electron chi connectivity index (χ0n) is 10.7. The molecule has 0 fully saturated rings. The number of thiophene rings is 1. The van der Waals surface area contributed by atoms with Gasteiger partial charge in [0.25, 0.3) is 5.91 Å². The molecule has 1 amide bonds. The van der Waals surface area contributed by atoms with E-state index < -0.39 is 11.9 Å². The van der Waals surface area contributed by atoms with Gasteiger partial charge in [0.05, 0.1) is 11.7 Å². The van der Waals surface area contributed by atoms with Crippen LogP contribution >= 0.6 is 11.3 Å². The number of nitrogens with one attached hydrogen (secondary N) is 1. The molecule has 0 bridgehead atoms. The summed E-state index contributed by atoms with van der Waals surface area (Å²) in [5.74, 6) is -2.06. The van der Waals surface area contributed by atoms with Crippen LogP contribution in [0.15, 0.2) is 47.4 Å². The average Bonchev–Trinajstić information content (AvgIpc) is 2.98. The molecule has 1 heterocycles. The molecule has 0 spiro atoms. The third-order valence-corrected chi connectivity index (χ3v) is 3.41. The third-order valence-electron chi connectivity index (χ3n) is 2.59. The number of nitriles is 1. The molecular formula is C15H9N2O3S-. The van der Waals surface area contributed by atoms with Crippen molar-refractivity contribution in [1.82, 2.24) is 0 Å². The Balaban J connectivity index is 2.25. The number of hydrogen-bond donors (Lipinski definition) is 1. The molecule has 2 rings (SSSR count). The summed E-state index contributed by atoms with van der Waals surface area (Å²) in [7, 11) is 0. The van der Waals surface area contributed by atoms with Gasteiger partial charge in [-0.2, -0.15) is 5.26 Å². The van der Waals surface area contributed by atoms with Crippen molar-refractivity contribution in [3.05, 3.63) is 57.8 Å². The fourth-order valence-corrected chi connectivity index (χ4v) is 2.28. The van der Waals surface area contributed by atoms with Crippen molar-refractivity contribution < 1.29 is 14.7 Å². The molecule has 0 aliphatic rings. The Morgan fingerprint density at radius 3 is 2.62 bits per heavy atom. The van der Waals surface area contributed by atoms with Crippen molar-refractivity contribution in [2.24, 2.45) is 0 Å². The molecule has 21 heavy (non-hydrogen) atoms. The number of rotatable bonds is 4. The zero-order valence-corrected chi connectivity index (χ0v) is 11.5. The second-order valence-corrected chi connectivity index (χ2v) is 4.95. The molecule has 1 N–H and O–H groups in total. The summed E-state index contributed by atoms with van der Waals surface area (Å²) in [5.41, 5.74) is -0.153. The topological polar surface area (TPSA) is 93.0 Å². The number of para-hydroxylation sites is 1. The summed E-state index contributed by atoms with van der Waals surface area (Å²) in [5, 5.41) is 24.2. The largest absolute Gasteiger partial charge is 0.545 e. The molecule has 0 unspecified atom stereocenters. The summed E-state index contributed by atoms with van der Waals surface area (Å²) in [6, 6.07) is 11.2. The fourth-order valence-electron chi connectivity index (χ4n) is 1.62. The van der Waals surface area contributed by atoms with Crippen LogP contribution in [0.2, 0.25) is 0 Å². The summed E-state index contributed by atoms with van der Waals surface area (Å²) < 4.78 is 0. The molecule has 0 aliphatic carbocycles. The van der Waals surface area contributed by atoms with E-state index in [0.717, 1.165) is 4.88 Å². The highest BCUT2D eigenvalue weighted by Crippen LogP contribution is 2.17. The Kier molecular flexibility index (Phi) is 4.49.